The van der Waals surface area contributed by atoms with Crippen LogP contribution in [-0.2, 0) is 47.7 Å². The van der Waals surface area contributed by atoms with Gasteiger partial charge in [0.1, 0.15) is 0 Å². The second-order valence-electron chi connectivity index (χ2n) is 5.81. The summed E-state index contributed by atoms with van der Waals surface area (Å²) in [5.74, 6) is -4.43. The van der Waals surface area contributed by atoms with Crippen molar-refractivity contribution in [3.63, 3.8) is 0 Å². The van der Waals surface area contributed by atoms with E-state index in [4.69, 9.17) is 28.8 Å². The van der Waals surface area contributed by atoms with Crippen LogP contribution in [0.4, 0.5) is 0 Å². The van der Waals surface area contributed by atoms with Crippen LogP contribution in [0, 0.1) is 0 Å². The quantitative estimate of drug-likeness (QED) is 0.317. The van der Waals surface area contributed by atoms with E-state index in [0.717, 1.165) is 0 Å². The fraction of sp³-hybridized carbons (Fsp3) is 0.611. The first-order valence-corrected chi connectivity index (χ1v) is 9.03. The van der Waals surface area contributed by atoms with Crippen LogP contribution in [0.1, 0.15) is 40.0 Å². The largest absolute Gasteiger partial charge is 0.478 e. The summed E-state index contributed by atoms with van der Waals surface area (Å²) in [7, 11) is 0. The Morgan fingerprint density at radius 1 is 0.828 bits per heavy atom. The first-order valence-electron chi connectivity index (χ1n) is 9.03. The lowest BCUT2D eigenvalue weighted by atomic mass is 10.0. The number of hydrogen-bond donors (Lipinski definition) is 1. The topological polar surface area (TPSA) is 152 Å². The zero-order chi connectivity index (χ0) is 22.0. The van der Waals surface area contributed by atoms with E-state index in [1.165, 1.54) is 13.8 Å². The number of rotatable bonds is 9. The summed E-state index contributed by atoms with van der Waals surface area (Å²) >= 11 is 0. The lowest BCUT2D eigenvalue weighted by Crippen LogP contribution is -2.58. The number of ether oxygens (including phenoxy) is 5. The maximum atomic E-state index is 11.9. The van der Waals surface area contributed by atoms with Gasteiger partial charge < -0.3 is 28.8 Å². The van der Waals surface area contributed by atoms with Crippen LogP contribution in [-0.4, -0.2) is 66.2 Å². The number of carbonyl (C=O) groups excluding carboxylic acids is 4. The van der Waals surface area contributed by atoms with Gasteiger partial charge >= 0.3 is 29.8 Å². The van der Waals surface area contributed by atoms with Crippen LogP contribution in [0.15, 0.2) is 12.2 Å². The minimum Gasteiger partial charge on any atom is -0.478 e. The summed E-state index contributed by atoms with van der Waals surface area (Å²) in [5, 5.41) is 8.58. The highest BCUT2D eigenvalue weighted by molar-refractivity contribution is 5.90. The van der Waals surface area contributed by atoms with E-state index >= 15 is 0 Å². The van der Waals surface area contributed by atoms with Crippen molar-refractivity contribution < 1.29 is 52.8 Å². The molecule has 11 heteroatoms. The van der Waals surface area contributed by atoms with Crippen LogP contribution in [0.3, 0.4) is 0 Å². The third-order valence-electron chi connectivity index (χ3n) is 3.66. The molecule has 29 heavy (non-hydrogen) atoms. The van der Waals surface area contributed by atoms with Crippen molar-refractivity contribution in [3.8, 4) is 0 Å². The van der Waals surface area contributed by atoms with Crippen molar-refractivity contribution in [2.45, 2.75) is 64.6 Å². The van der Waals surface area contributed by atoms with Crippen LogP contribution < -0.4 is 0 Å². The third-order valence-corrected chi connectivity index (χ3v) is 3.66. The lowest BCUT2D eigenvalue weighted by Gasteiger charge is -2.39. The first kappa shape index (κ1) is 24.1. The smallest absolute Gasteiger partial charge is 0.333 e. The molecule has 11 nitrogen and oxygen atoms in total. The highest BCUT2D eigenvalue weighted by Crippen LogP contribution is 2.26. The Morgan fingerprint density at radius 3 is 1.86 bits per heavy atom. The molecule has 1 aliphatic rings. The zero-order valence-corrected chi connectivity index (χ0v) is 16.3. The maximum absolute atomic E-state index is 11.9. The first-order chi connectivity index (χ1) is 13.7. The minimum atomic E-state index is -1.51. The summed E-state index contributed by atoms with van der Waals surface area (Å²) in [4.78, 5) is 57.8. The van der Waals surface area contributed by atoms with Crippen molar-refractivity contribution in [1.82, 2.24) is 0 Å². The van der Waals surface area contributed by atoms with E-state index in [0.29, 0.717) is 12.2 Å². The van der Waals surface area contributed by atoms with E-state index in [1.807, 2.05) is 0 Å². The summed E-state index contributed by atoms with van der Waals surface area (Å²) in [5.41, 5.74) is 0. The molecule has 0 amide bonds. The molecule has 1 rings (SSSR count). The predicted molar refractivity (Wildman–Crippen MR) is 93.1 cm³/mol. The highest BCUT2D eigenvalue weighted by atomic mass is 16.7. The third kappa shape index (κ3) is 7.90. The van der Waals surface area contributed by atoms with Gasteiger partial charge in [0.25, 0.3) is 0 Å². The highest BCUT2D eigenvalue weighted by Gasteiger charge is 2.49. The SMILES string of the molecule is CCC(=O)O[C@@H]1[C@@H](OC(=O)CC)[C@H](OC(=O)/C=C/C(=O)O)OC[C@@H]1OC(=O)CC. The Kier molecular flexibility index (Phi) is 9.80. The normalized spacial score (nSPS) is 23.8. The van der Waals surface area contributed by atoms with E-state index in [1.54, 1.807) is 6.92 Å². The number of carboxylic acid groups (broad SMARTS) is 1. The van der Waals surface area contributed by atoms with Gasteiger partial charge in [-0.25, -0.2) is 9.59 Å². The standard InChI is InChI=1S/C18H24O11/c1-4-12(21)26-10-9-25-18(29-15(24)8-7-11(19)20)17(28-14(23)6-3)16(10)27-13(22)5-2/h7-8,10,16-18H,4-6,9H2,1-3H3,(H,19,20)/b8-7+/t10-,16-,17+,18-/m0/s1. The molecule has 1 saturated heterocycles. The zero-order valence-electron chi connectivity index (χ0n) is 16.3. The van der Waals surface area contributed by atoms with Crippen molar-refractivity contribution >= 4 is 29.8 Å². The molecule has 0 radical (unpaired) electrons. The van der Waals surface area contributed by atoms with Crippen molar-refractivity contribution in [3.05, 3.63) is 12.2 Å². The summed E-state index contributed by atoms with van der Waals surface area (Å²) < 4.78 is 26.1. The molecule has 0 unspecified atom stereocenters. The van der Waals surface area contributed by atoms with Crippen LogP contribution in [0.5, 0.6) is 0 Å². The van der Waals surface area contributed by atoms with Crippen molar-refractivity contribution in [1.29, 1.82) is 0 Å². The van der Waals surface area contributed by atoms with Crippen LogP contribution in [0.25, 0.3) is 0 Å². The molecule has 0 saturated carbocycles. The van der Waals surface area contributed by atoms with Crippen LogP contribution in [0.2, 0.25) is 0 Å². The molecule has 1 N–H and O–H groups in total. The molecule has 162 valence electrons. The Labute approximate surface area is 166 Å². The number of carboxylic acids is 1. The molecule has 1 aliphatic heterocycles. The van der Waals surface area contributed by atoms with E-state index in [2.05, 4.69) is 0 Å². The van der Waals surface area contributed by atoms with E-state index in [-0.39, 0.29) is 25.9 Å². The average Bonchev–Trinajstić information content (AvgIpc) is 2.69. The van der Waals surface area contributed by atoms with Gasteiger partial charge in [0.15, 0.2) is 12.2 Å². The number of aliphatic carboxylic acids is 1. The summed E-state index contributed by atoms with van der Waals surface area (Å²) in [6.45, 7) is 4.31. The second kappa shape index (κ2) is 11.8. The lowest BCUT2D eigenvalue weighted by molar-refractivity contribution is -0.273. The Hall–Kier alpha value is -2.95. The monoisotopic (exact) mass is 416 g/mol. The Morgan fingerprint density at radius 2 is 1.34 bits per heavy atom. The molecular formula is C18H24O11. The molecule has 0 aromatic rings. The van der Waals surface area contributed by atoms with Gasteiger partial charge in [-0.3, -0.25) is 14.4 Å². The van der Waals surface area contributed by atoms with Crippen LogP contribution >= 0.6 is 0 Å². The molecule has 1 fully saturated rings. The molecule has 0 bridgehead atoms. The molecule has 0 spiro atoms. The number of hydrogen-bond acceptors (Lipinski definition) is 10. The van der Waals surface area contributed by atoms with Crippen molar-refractivity contribution in [2.75, 3.05) is 6.61 Å². The minimum absolute atomic E-state index is 0.00789. The van der Waals surface area contributed by atoms with Gasteiger partial charge in [-0.2, -0.15) is 0 Å². The van der Waals surface area contributed by atoms with Gasteiger partial charge in [0.05, 0.1) is 6.61 Å². The molecule has 0 aromatic heterocycles. The van der Waals surface area contributed by atoms with Crippen molar-refractivity contribution in [2.24, 2.45) is 0 Å². The van der Waals surface area contributed by atoms with E-state index in [9.17, 15) is 24.0 Å². The average molecular weight is 416 g/mol. The van der Waals surface area contributed by atoms with E-state index < -0.39 is 54.4 Å². The fourth-order valence-electron chi connectivity index (χ4n) is 2.23. The summed E-state index contributed by atoms with van der Waals surface area (Å²) in [6, 6.07) is 0. The molecular weight excluding hydrogens is 392 g/mol. The summed E-state index contributed by atoms with van der Waals surface area (Å²) in [6.07, 6.45) is -4.13. The van der Waals surface area contributed by atoms with Gasteiger partial charge in [-0.15, -0.1) is 0 Å². The molecule has 1 heterocycles. The molecule has 0 aromatic carbocycles. The Bertz CT molecular complexity index is 654. The fourth-order valence-corrected chi connectivity index (χ4v) is 2.23. The maximum Gasteiger partial charge on any atom is 0.333 e. The molecule has 0 aliphatic carbocycles. The Balaban J connectivity index is 3.13. The van der Waals surface area contributed by atoms with Gasteiger partial charge in [-0.1, -0.05) is 20.8 Å². The predicted octanol–water partition coefficient (Wildman–Crippen LogP) is 0.492. The second-order valence-corrected chi connectivity index (χ2v) is 5.81. The van der Waals surface area contributed by atoms with Gasteiger partial charge in [0, 0.05) is 31.4 Å². The number of carbonyl (C=O) groups is 5. The van der Waals surface area contributed by atoms with Gasteiger partial charge in [0.2, 0.25) is 12.4 Å². The molecule has 4 atom stereocenters. The van der Waals surface area contributed by atoms with Gasteiger partial charge in [-0.05, 0) is 0 Å². The number of esters is 4.